The lowest BCUT2D eigenvalue weighted by atomic mass is 10.2. The lowest BCUT2D eigenvalue weighted by Gasteiger charge is -2.10. The zero-order valence-electron chi connectivity index (χ0n) is 10.6. The number of carboxylic acids is 1. The Morgan fingerprint density at radius 2 is 2.14 bits per heavy atom. The fraction of sp³-hybridized carbons (Fsp3) is 0.250. The summed E-state index contributed by atoms with van der Waals surface area (Å²) in [5.41, 5.74) is -1.20. The maximum absolute atomic E-state index is 12.8. The number of rotatable bonds is 4. The van der Waals surface area contributed by atoms with Crippen molar-refractivity contribution in [3.63, 3.8) is 0 Å². The van der Waals surface area contributed by atoms with Gasteiger partial charge in [-0.2, -0.15) is 13.2 Å². The number of nitrogens with zero attached hydrogens (tertiary/aromatic N) is 2. The molecule has 2 rings (SSSR count). The van der Waals surface area contributed by atoms with Crippen LogP contribution in [0.5, 0.6) is 0 Å². The normalized spacial score (nSPS) is 13.1. The van der Waals surface area contributed by atoms with E-state index in [1.807, 2.05) is 0 Å². The number of carboxylic acid groups (broad SMARTS) is 1. The van der Waals surface area contributed by atoms with Crippen LogP contribution < -0.4 is 0 Å². The van der Waals surface area contributed by atoms with Crippen molar-refractivity contribution in [1.82, 2.24) is 9.97 Å². The highest BCUT2D eigenvalue weighted by Gasteiger charge is 2.34. The summed E-state index contributed by atoms with van der Waals surface area (Å²) in [6.45, 7) is 1.34. The molecule has 1 atom stereocenters. The summed E-state index contributed by atoms with van der Waals surface area (Å²) >= 11 is 0.630. The Bertz CT molecular complexity index is 644. The highest BCUT2D eigenvalue weighted by atomic mass is 32.2. The Morgan fingerprint density at radius 3 is 2.67 bits per heavy atom. The Balaban J connectivity index is 2.45. The van der Waals surface area contributed by atoms with Crippen LogP contribution in [-0.2, 0) is 11.0 Å². The smallest absolute Gasteiger partial charge is 0.433 e. The van der Waals surface area contributed by atoms with E-state index in [4.69, 9.17) is 9.52 Å². The molecular weight excluding hydrogens is 309 g/mol. The van der Waals surface area contributed by atoms with Crippen LogP contribution >= 0.6 is 11.8 Å². The molecule has 2 heterocycles. The van der Waals surface area contributed by atoms with Crippen LogP contribution in [0.4, 0.5) is 13.2 Å². The predicted octanol–water partition coefficient (Wildman–Crippen LogP) is 3.32. The van der Waals surface area contributed by atoms with Gasteiger partial charge in [0.05, 0.1) is 6.26 Å². The minimum atomic E-state index is -4.66. The highest BCUT2D eigenvalue weighted by Crippen LogP contribution is 2.32. The molecule has 0 spiro atoms. The molecule has 0 unspecified atom stereocenters. The van der Waals surface area contributed by atoms with Crippen LogP contribution in [0.1, 0.15) is 12.6 Å². The van der Waals surface area contributed by atoms with Crippen LogP contribution in [-0.4, -0.2) is 26.3 Å². The monoisotopic (exact) mass is 318 g/mol. The molecule has 0 bridgehead atoms. The van der Waals surface area contributed by atoms with Crippen molar-refractivity contribution < 1.29 is 27.5 Å². The van der Waals surface area contributed by atoms with Crippen molar-refractivity contribution in [1.29, 1.82) is 0 Å². The van der Waals surface area contributed by atoms with E-state index in [2.05, 4.69) is 9.97 Å². The van der Waals surface area contributed by atoms with Gasteiger partial charge >= 0.3 is 12.1 Å². The van der Waals surface area contributed by atoms with E-state index in [-0.39, 0.29) is 16.6 Å². The molecule has 0 radical (unpaired) electrons. The van der Waals surface area contributed by atoms with Crippen LogP contribution in [0.3, 0.4) is 0 Å². The largest absolute Gasteiger partial charge is 0.480 e. The maximum Gasteiger partial charge on any atom is 0.433 e. The number of carbonyl (C=O) groups is 1. The standard InChI is InChI=1S/C12H9F3N2O3S/c1-6(10(18)19)21-11-16-7(8-3-2-4-20-8)5-9(17-11)12(13,14)15/h2-6H,1H3,(H,18,19)/t6-/m0/s1. The Hall–Kier alpha value is -2.03. The molecular formula is C12H9F3N2O3S. The number of aromatic nitrogens is 2. The lowest BCUT2D eigenvalue weighted by Crippen LogP contribution is -2.14. The van der Waals surface area contributed by atoms with Gasteiger partial charge < -0.3 is 9.52 Å². The number of halogens is 3. The van der Waals surface area contributed by atoms with Crippen LogP contribution in [0.2, 0.25) is 0 Å². The Labute approximate surface area is 121 Å². The van der Waals surface area contributed by atoms with Crippen molar-refractivity contribution in [2.24, 2.45) is 0 Å². The summed E-state index contributed by atoms with van der Waals surface area (Å²) in [5, 5.41) is 7.56. The highest BCUT2D eigenvalue weighted by molar-refractivity contribution is 8.00. The molecule has 2 aromatic heterocycles. The van der Waals surface area contributed by atoms with Crippen molar-refractivity contribution >= 4 is 17.7 Å². The van der Waals surface area contributed by atoms with Gasteiger partial charge in [0.15, 0.2) is 10.9 Å². The fourth-order valence-corrected chi connectivity index (χ4v) is 2.10. The average molecular weight is 318 g/mol. The van der Waals surface area contributed by atoms with Crippen molar-refractivity contribution in [3.05, 3.63) is 30.2 Å². The summed E-state index contributed by atoms with van der Waals surface area (Å²) in [7, 11) is 0. The zero-order valence-corrected chi connectivity index (χ0v) is 11.4. The first kappa shape index (κ1) is 15.4. The molecule has 5 nitrogen and oxygen atoms in total. The molecule has 1 N–H and O–H groups in total. The van der Waals surface area contributed by atoms with E-state index < -0.39 is 23.1 Å². The van der Waals surface area contributed by atoms with Crippen LogP contribution in [0.25, 0.3) is 11.5 Å². The first-order valence-corrected chi connectivity index (χ1v) is 6.55. The van der Waals surface area contributed by atoms with Crippen molar-refractivity contribution in [3.8, 4) is 11.5 Å². The summed E-state index contributed by atoms with van der Waals surface area (Å²) in [4.78, 5) is 18.0. The van der Waals surface area contributed by atoms with Gasteiger partial charge in [0.1, 0.15) is 16.6 Å². The second kappa shape index (κ2) is 5.76. The molecule has 0 aromatic carbocycles. The molecule has 0 amide bonds. The molecule has 0 saturated carbocycles. The minimum Gasteiger partial charge on any atom is -0.480 e. The summed E-state index contributed by atoms with van der Waals surface area (Å²) < 4.78 is 43.5. The van der Waals surface area contributed by atoms with Gasteiger partial charge in [0.2, 0.25) is 0 Å². The van der Waals surface area contributed by atoms with E-state index in [9.17, 15) is 18.0 Å². The molecule has 9 heteroatoms. The Kier molecular flexibility index (Phi) is 4.21. The zero-order chi connectivity index (χ0) is 15.6. The molecule has 0 saturated heterocycles. The van der Waals surface area contributed by atoms with Gasteiger partial charge in [0, 0.05) is 0 Å². The van der Waals surface area contributed by atoms with E-state index >= 15 is 0 Å². The second-order valence-electron chi connectivity index (χ2n) is 3.99. The van der Waals surface area contributed by atoms with Crippen LogP contribution in [0, 0.1) is 0 Å². The van der Waals surface area contributed by atoms with E-state index in [1.165, 1.54) is 25.3 Å². The molecule has 0 aliphatic carbocycles. The third kappa shape index (κ3) is 3.75. The lowest BCUT2D eigenvalue weighted by molar-refractivity contribution is -0.141. The predicted molar refractivity (Wildman–Crippen MR) is 67.7 cm³/mol. The number of hydrogen-bond acceptors (Lipinski definition) is 5. The van der Waals surface area contributed by atoms with Gasteiger partial charge in [-0.25, -0.2) is 9.97 Å². The first-order valence-electron chi connectivity index (χ1n) is 5.67. The van der Waals surface area contributed by atoms with Crippen molar-refractivity contribution in [2.45, 2.75) is 23.5 Å². The quantitative estimate of drug-likeness (QED) is 0.688. The number of alkyl halides is 3. The molecule has 2 aromatic rings. The third-order valence-electron chi connectivity index (χ3n) is 2.40. The first-order chi connectivity index (χ1) is 9.77. The maximum atomic E-state index is 12.8. The number of hydrogen-bond donors (Lipinski definition) is 1. The van der Waals surface area contributed by atoms with Crippen LogP contribution in [0.15, 0.2) is 34.0 Å². The summed E-state index contributed by atoms with van der Waals surface area (Å²) in [6.07, 6.45) is -3.36. The second-order valence-corrected chi connectivity index (χ2v) is 5.30. The van der Waals surface area contributed by atoms with E-state index in [1.54, 1.807) is 0 Å². The molecule has 0 aliphatic rings. The molecule has 0 aliphatic heterocycles. The van der Waals surface area contributed by atoms with Crippen molar-refractivity contribution in [2.75, 3.05) is 0 Å². The Morgan fingerprint density at radius 1 is 1.43 bits per heavy atom. The average Bonchev–Trinajstić information content (AvgIpc) is 2.91. The van der Waals surface area contributed by atoms with Gasteiger partial charge in [-0.1, -0.05) is 11.8 Å². The minimum absolute atomic E-state index is 0.0533. The van der Waals surface area contributed by atoms with Gasteiger partial charge in [-0.05, 0) is 25.1 Å². The summed E-state index contributed by atoms with van der Waals surface area (Å²) in [5.74, 6) is -1.02. The van der Waals surface area contributed by atoms with Gasteiger partial charge in [-0.15, -0.1) is 0 Å². The molecule has 21 heavy (non-hydrogen) atoms. The molecule has 112 valence electrons. The van der Waals surface area contributed by atoms with Gasteiger partial charge in [0.25, 0.3) is 0 Å². The van der Waals surface area contributed by atoms with E-state index in [0.29, 0.717) is 11.8 Å². The number of aliphatic carboxylic acids is 1. The molecule has 0 fully saturated rings. The topological polar surface area (TPSA) is 76.2 Å². The SMILES string of the molecule is C[C@H](Sc1nc(-c2ccco2)cc(C(F)(F)F)n1)C(=O)O. The third-order valence-corrected chi connectivity index (χ3v) is 3.35. The van der Waals surface area contributed by atoms with E-state index in [0.717, 1.165) is 6.07 Å². The number of furan rings is 1. The summed E-state index contributed by atoms with van der Waals surface area (Å²) in [6, 6.07) is 3.73. The number of thioether (sulfide) groups is 1. The fourth-order valence-electron chi connectivity index (χ4n) is 1.38. The van der Waals surface area contributed by atoms with Gasteiger partial charge in [-0.3, -0.25) is 4.79 Å².